The van der Waals surface area contributed by atoms with Crippen molar-refractivity contribution in [3.63, 3.8) is 0 Å². The zero-order chi connectivity index (χ0) is 13.0. The lowest BCUT2D eigenvalue weighted by Crippen LogP contribution is -2.03. The first-order valence-electron chi connectivity index (χ1n) is 4.74. The number of alkyl halides is 2. The number of rotatable bonds is 5. The van der Waals surface area contributed by atoms with Gasteiger partial charge in [0.2, 0.25) is 0 Å². The number of carbonyl (C=O) groups is 1. The number of ether oxygens (including phenoxy) is 2. The summed E-state index contributed by atoms with van der Waals surface area (Å²) in [6.45, 7) is 0. The highest BCUT2D eigenvalue weighted by Crippen LogP contribution is 2.38. The van der Waals surface area contributed by atoms with Crippen molar-refractivity contribution in [3.8, 4) is 11.5 Å². The summed E-state index contributed by atoms with van der Waals surface area (Å²) in [5.41, 5.74) is -0.131. The van der Waals surface area contributed by atoms with Crippen LogP contribution in [-0.4, -0.2) is 25.3 Å². The van der Waals surface area contributed by atoms with Crippen molar-refractivity contribution >= 4 is 5.97 Å². The molecule has 0 fully saturated rings. The summed E-state index contributed by atoms with van der Waals surface area (Å²) in [5, 5.41) is 8.63. The summed E-state index contributed by atoms with van der Waals surface area (Å²) in [7, 11) is 2.55. The fourth-order valence-corrected chi connectivity index (χ4v) is 1.49. The molecule has 17 heavy (non-hydrogen) atoms. The molecule has 94 valence electrons. The summed E-state index contributed by atoms with van der Waals surface area (Å²) < 4.78 is 35.3. The van der Waals surface area contributed by atoms with Crippen molar-refractivity contribution in [2.45, 2.75) is 12.8 Å². The number of aliphatic carboxylic acids is 1. The highest BCUT2D eigenvalue weighted by molar-refractivity contribution is 5.71. The smallest absolute Gasteiger partial charge is 0.307 e. The second-order valence-electron chi connectivity index (χ2n) is 3.29. The molecule has 1 aromatic rings. The van der Waals surface area contributed by atoms with Crippen LogP contribution in [0.4, 0.5) is 8.78 Å². The molecule has 4 nitrogen and oxygen atoms in total. The molecule has 1 aromatic carbocycles. The van der Waals surface area contributed by atoms with E-state index in [1.165, 1.54) is 20.3 Å². The number of benzene rings is 1. The summed E-state index contributed by atoms with van der Waals surface area (Å²) in [6.07, 6.45) is -3.10. The van der Waals surface area contributed by atoms with Crippen LogP contribution in [0.2, 0.25) is 0 Å². The molecule has 0 amide bonds. The van der Waals surface area contributed by atoms with Crippen LogP contribution in [0.25, 0.3) is 0 Å². The Morgan fingerprint density at radius 1 is 1.35 bits per heavy atom. The molecule has 0 radical (unpaired) electrons. The van der Waals surface area contributed by atoms with E-state index in [0.717, 1.165) is 6.07 Å². The van der Waals surface area contributed by atoms with Crippen LogP contribution in [0.5, 0.6) is 11.5 Å². The Morgan fingerprint density at radius 3 is 2.41 bits per heavy atom. The van der Waals surface area contributed by atoms with E-state index >= 15 is 0 Å². The van der Waals surface area contributed by atoms with Crippen LogP contribution in [0.15, 0.2) is 12.1 Å². The zero-order valence-corrected chi connectivity index (χ0v) is 9.37. The maximum absolute atomic E-state index is 12.8. The number of hydrogen-bond donors (Lipinski definition) is 1. The quantitative estimate of drug-likeness (QED) is 0.865. The first-order valence-corrected chi connectivity index (χ1v) is 4.74. The lowest BCUT2D eigenvalue weighted by Gasteiger charge is -2.14. The fraction of sp³-hybridized carbons (Fsp3) is 0.364. The van der Waals surface area contributed by atoms with Crippen LogP contribution >= 0.6 is 0 Å². The second-order valence-corrected chi connectivity index (χ2v) is 3.29. The molecule has 0 unspecified atom stereocenters. The van der Waals surface area contributed by atoms with Crippen LogP contribution in [0.1, 0.15) is 17.6 Å². The second kappa shape index (κ2) is 5.47. The van der Waals surface area contributed by atoms with E-state index in [1.807, 2.05) is 0 Å². The largest absolute Gasteiger partial charge is 0.493 e. The molecule has 0 aliphatic carbocycles. The van der Waals surface area contributed by atoms with Crippen molar-refractivity contribution in [2.24, 2.45) is 0 Å². The third kappa shape index (κ3) is 3.05. The van der Waals surface area contributed by atoms with Gasteiger partial charge in [-0.05, 0) is 17.7 Å². The molecule has 0 heterocycles. The van der Waals surface area contributed by atoms with Gasteiger partial charge in [0.05, 0.1) is 26.2 Å². The third-order valence-electron chi connectivity index (χ3n) is 2.16. The van der Waals surface area contributed by atoms with Gasteiger partial charge in [0.25, 0.3) is 6.43 Å². The first kappa shape index (κ1) is 13.2. The van der Waals surface area contributed by atoms with Crippen LogP contribution < -0.4 is 9.47 Å². The molecule has 0 aliphatic heterocycles. The lowest BCUT2D eigenvalue weighted by atomic mass is 10.1. The average Bonchev–Trinajstić information content (AvgIpc) is 2.26. The summed E-state index contributed by atoms with van der Waals surface area (Å²) in [4.78, 5) is 10.5. The monoisotopic (exact) mass is 246 g/mol. The van der Waals surface area contributed by atoms with Gasteiger partial charge in [0, 0.05) is 0 Å². The predicted octanol–water partition coefficient (Wildman–Crippen LogP) is 2.27. The van der Waals surface area contributed by atoms with Gasteiger partial charge in [0.15, 0.2) is 11.5 Å². The molecule has 0 spiro atoms. The molecule has 0 saturated heterocycles. The Balaban J connectivity index is 3.29. The van der Waals surface area contributed by atoms with E-state index in [9.17, 15) is 13.6 Å². The minimum Gasteiger partial charge on any atom is -0.493 e. The predicted molar refractivity (Wildman–Crippen MR) is 55.8 cm³/mol. The topological polar surface area (TPSA) is 55.8 Å². The summed E-state index contributed by atoms with van der Waals surface area (Å²) >= 11 is 0. The lowest BCUT2D eigenvalue weighted by molar-refractivity contribution is -0.136. The molecule has 0 saturated carbocycles. The minimum atomic E-state index is -2.76. The van der Waals surface area contributed by atoms with Crippen molar-refractivity contribution in [3.05, 3.63) is 23.3 Å². The van der Waals surface area contributed by atoms with Crippen LogP contribution in [0.3, 0.4) is 0 Å². The van der Waals surface area contributed by atoms with Gasteiger partial charge in [-0.2, -0.15) is 0 Å². The fourth-order valence-electron chi connectivity index (χ4n) is 1.49. The van der Waals surface area contributed by atoms with Gasteiger partial charge in [-0.25, -0.2) is 8.78 Å². The highest BCUT2D eigenvalue weighted by atomic mass is 19.3. The Morgan fingerprint density at radius 2 is 2.00 bits per heavy atom. The number of carboxylic acids is 1. The van der Waals surface area contributed by atoms with E-state index in [2.05, 4.69) is 0 Å². The van der Waals surface area contributed by atoms with E-state index in [0.29, 0.717) is 0 Å². The maximum Gasteiger partial charge on any atom is 0.307 e. The molecule has 1 rings (SSSR count). The maximum atomic E-state index is 12.8. The molecule has 0 bridgehead atoms. The van der Waals surface area contributed by atoms with Gasteiger partial charge in [0.1, 0.15) is 0 Å². The number of hydrogen-bond acceptors (Lipinski definition) is 3. The molecular formula is C11H12F2O4. The Kier molecular flexibility index (Phi) is 4.25. The van der Waals surface area contributed by atoms with Crippen molar-refractivity contribution in [1.82, 2.24) is 0 Å². The van der Waals surface area contributed by atoms with E-state index in [4.69, 9.17) is 14.6 Å². The number of carboxylic acid groups (broad SMARTS) is 1. The van der Waals surface area contributed by atoms with Crippen LogP contribution in [-0.2, 0) is 11.2 Å². The molecule has 0 aliphatic rings. The normalized spacial score (nSPS) is 10.4. The third-order valence-corrected chi connectivity index (χ3v) is 2.16. The van der Waals surface area contributed by atoms with Gasteiger partial charge < -0.3 is 14.6 Å². The van der Waals surface area contributed by atoms with E-state index < -0.39 is 12.4 Å². The Labute approximate surface area is 96.8 Å². The standard InChI is InChI=1S/C11H12F2O4/c1-16-8-4-6(5-9(14)15)3-7(11(12)13)10(8)17-2/h3-4,11H,5H2,1-2H3,(H,14,15). The van der Waals surface area contributed by atoms with Gasteiger partial charge >= 0.3 is 5.97 Å². The van der Waals surface area contributed by atoms with Crippen molar-refractivity contribution in [2.75, 3.05) is 14.2 Å². The summed E-state index contributed by atoms with van der Waals surface area (Å²) in [6, 6.07) is 2.49. The molecular weight excluding hydrogens is 234 g/mol. The van der Waals surface area contributed by atoms with Gasteiger partial charge in [-0.15, -0.1) is 0 Å². The number of methoxy groups -OCH3 is 2. The highest BCUT2D eigenvalue weighted by Gasteiger charge is 2.20. The van der Waals surface area contributed by atoms with Crippen molar-refractivity contribution in [1.29, 1.82) is 0 Å². The van der Waals surface area contributed by atoms with Crippen molar-refractivity contribution < 1.29 is 28.2 Å². The SMILES string of the molecule is COc1cc(CC(=O)O)cc(C(F)F)c1OC. The van der Waals surface area contributed by atoms with E-state index in [-0.39, 0.29) is 29.0 Å². The number of halogens is 2. The molecule has 6 heteroatoms. The molecule has 1 N–H and O–H groups in total. The Hall–Kier alpha value is -1.85. The zero-order valence-electron chi connectivity index (χ0n) is 9.37. The summed E-state index contributed by atoms with van der Waals surface area (Å²) in [5.74, 6) is -1.07. The molecule has 0 aromatic heterocycles. The van der Waals surface area contributed by atoms with Gasteiger partial charge in [-0.1, -0.05) is 0 Å². The Bertz CT molecular complexity index is 418. The average molecular weight is 246 g/mol. The van der Waals surface area contributed by atoms with Crippen LogP contribution in [0, 0.1) is 0 Å². The minimum absolute atomic E-state index is 0.0726. The van der Waals surface area contributed by atoms with Gasteiger partial charge in [-0.3, -0.25) is 4.79 Å². The molecule has 0 atom stereocenters. The van der Waals surface area contributed by atoms with E-state index in [1.54, 1.807) is 0 Å². The first-order chi connectivity index (χ1) is 7.99.